The molecule has 3 rings (SSSR count). The Hall–Kier alpha value is -2.47. The van der Waals surface area contributed by atoms with Crippen LogP contribution in [-0.2, 0) is 4.79 Å². The summed E-state index contributed by atoms with van der Waals surface area (Å²) in [5, 5.41) is 0. The molecule has 1 saturated heterocycles. The molecule has 1 atom stereocenters. The molecule has 2 heterocycles. The van der Waals surface area contributed by atoms with Crippen LogP contribution >= 0.6 is 0 Å². The first-order valence-corrected chi connectivity index (χ1v) is 8.85. The van der Waals surface area contributed by atoms with E-state index in [1.807, 2.05) is 49.0 Å². The third-order valence-corrected chi connectivity index (χ3v) is 4.70. The molecule has 0 spiro atoms. The van der Waals surface area contributed by atoms with Gasteiger partial charge >= 0.3 is 0 Å². The summed E-state index contributed by atoms with van der Waals surface area (Å²) in [4.78, 5) is 23.5. The molecule has 6 heteroatoms. The number of rotatable bonds is 4. The fourth-order valence-corrected chi connectivity index (χ4v) is 3.37. The summed E-state index contributed by atoms with van der Waals surface area (Å²) >= 11 is 0. The summed E-state index contributed by atoms with van der Waals surface area (Å²) in [6.45, 7) is 4.73. The van der Waals surface area contributed by atoms with Crippen LogP contribution in [0.2, 0.25) is 0 Å². The number of pyridine rings is 1. The lowest BCUT2D eigenvalue weighted by Gasteiger charge is -2.38. The van der Waals surface area contributed by atoms with Crippen molar-refractivity contribution in [3.05, 3.63) is 59.5 Å². The first-order valence-electron chi connectivity index (χ1n) is 8.85. The van der Waals surface area contributed by atoms with Gasteiger partial charge in [0.05, 0.1) is 0 Å². The number of anilines is 1. The molecule has 1 aliphatic rings. The Morgan fingerprint density at radius 2 is 1.81 bits per heavy atom. The van der Waals surface area contributed by atoms with Gasteiger partial charge in [-0.3, -0.25) is 9.69 Å². The van der Waals surface area contributed by atoms with E-state index in [0.717, 1.165) is 24.6 Å². The Balaban J connectivity index is 1.70. The van der Waals surface area contributed by atoms with E-state index < -0.39 is 6.04 Å². The maximum atomic E-state index is 13.6. The molecule has 26 heavy (non-hydrogen) atoms. The number of benzene rings is 1. The molecule has 1 aliphatic heterocycles. The van der Waals surface area contributed by atoms with E-state index in [9.17, 15) is 9.18 Å². The molecule has 1 aromatic heterocycles. The molecule has 2 aromatic rings. The highest BCUT2D eigenvalue weighted by atomic mass is 19.1. The SMILES string of the molecule is Cc1cccc(N2CCN(C(=O)[C@H](c3cccc(F)c3)N(C)C)CC2)n1. The number of amides is 1. The van der Waals surface area contributed by atoms with Crippen LogP contribution in [0.3, 0.4) is 0 Å². The first kappa shape index (κ1) is 18.3. The smallest absolute Gasteiger partial charge is 0.244 e. The third kappa shape index (κ3) is 4.02. The summed E-state index contributed by atoms with van der Waals surface area (Å²) in [5.41, 5.74) is 1.67. The molecule has 5 nitrogen and oxygen atoms in total. The zero-order valence-corrected chi connectivity index (χ0v) is 15.5. The maximum absolute atomic E-state index is 13.6. The molecule has 0 N–H and O–H groups in total. The lowest BCUT2D eigenvalue weighted by molar-refractivity contribution is -0.136. The maximum Gasteiger partial charge on any atom is 0.244 e. The molecule has 0 aliphatic carbocycles. The fraction of sp³-hybridized carbons (Fsp3) is 0.400. The number of aromatic nitrogens is 1. The highest BCUT2D eigenvalue weighted by Gasteiger charge is 2.30. The molecule has 0 radical (unpaired) electrons. The van der Waals surface area contributed by atoms with Crippen molar-refractivity contribution in [2.75, 3.05) is 45.2 Å². The van der Waals surface area contributed by atoms with Crippen molar-refractivity contribution in [1.82, 2.24) is 14.8 Å². The Morgan fingerprint density at radius 1 is 1.12 bits per heavy atom. The lowest BCUT2D eigenvalue weighted by Crippen LogP contribution is -2.51. The quantitative estimate of drug-likeness (QED) is 0.844. The third-order valence-electron chi connectivity index (χ3n) is 4.70. The number of nitrogens with zero attached hydrogens (tertiary/aromatic N) is 4. The predicted molar refractivity (Wildman–Crippen MR) is 101 cm³/mol. The summed E-state index contributed by atoms with van der Waals surface area (Å²) in [6.07, 6.45) is 0. The van der Waals surface area contributed by atoms with Gasteiger partial charge in [-0.1, -0.05) is 18.2 Å². The minimum Gasteiger partial charge on any atom is -0.353 e. The van der Waals surface area contributed by atoms with Gasteiger partial charge in [-0.15, -0.1) is 0 Å². The Morgan fingerprint density at radius 3 is 2.42 bits per heavy atom. The van der Waals surface area contributed by atoms with Crippen molar-refractivity contribution < 1.29 is 9.18 Å². The van der Waals surface area contributed by atoms with Crippen LogP contribution < -0.4 is 4.90 Å². The summed E-state index contributed by atoms with van der Waals surface area (Å²) in [7, 11) is 3.70. The van der Waals surface area contributed by atoms with E-state index in [0.29, 0.717) is 18.7 Å². The number of aryl methyl sites for hydroxylation is 1. The predicted octanol–water partition coefficient (Wildman–Crippen LogP) is 2.48. The largest absolute Gasteiger partial charge is 0.353 e. The van der Waals surface area contributed by atoms with Crippen LogP contribution in [-0.4, -0.2) is 61.0 Å². The number of carbonyl (C=O) groups is 1. The summed E-state index contributed by atoms with van der Waals surface area (Å²) in [5.74, 6) is 0.640. The molecule has 0 unspecified atom stereocenters. The Bertz CT molecular complexity index is 772. The van der Waals surface area contributed by atoms with Crippen LogP contribution in [0, 0.1) is 12.7 Å². The van der Waals surface area contributed by atoms with Crippen molar-refractivity contribution in [2.45, 2.75) is 13.0 Å². The number of hydrogen-bond donors (Lipinski definition) is 0. The van der Waals surface area contributed by atoms with Crippen molar-refractivity contribution in [3.8, 4) is 0 Å². The zero-order valence-electron chi connectivity index (χ0n) is 15.5. The average molecular weight is 356 g/mol. The van der Waals surface area contributed by atoms with E-state index in [-0.39, 0.29) is 11.7 Å². The van der Waals surface area contributed by atoms with Crippen LogP contribution in [0.5, 0.6) is 0 Å². The topological polar surface area (TPSA) is 39.7 Å². The molecule has 0 bridgehead atoms. The molecule has 0 saturated carbocycles. The highest BCUT2D eigenvalue weighted by molar-refractivity contribution is 5.83. The van der Waals surface area contributed by atoms with E-state index in [2.05, 4.69) is 9.88 Å². The average Bonchev–Trinajstić information content (AvgIpc) is 2.62. The second-order valence-corrected chi connectivity index (χ2v) is 6.87. The van der Waals surface area contributed by atoms with Gasteiger partial charge in [-0.25, -0.2) is 9.37 Å². The highest BCUT2D eigenvalue weighted by Crippen LogP contribution is 2.23. The normalized spacial score (nSPS) is 16.0. The molecule has 1 aromatic carbocycles. The summed E-state index contributed by atoms with van der Waals surface area (Å²) in [6, 6.07) is 11.8. The van der Waals surface area contributed by atoms with E-state index >= 15 is 0 Å². The zero-order chi connectivity index (χ0) is 18.7. The van der Waals surface area contributed by atoms with Gasteiger partial charge in [0.15, 0.2) is 0 Å². The molecular formula is C20H25FN4O. The lowest BCUT2D eigenvalue weighted by atomic mass is 10.0. The number of halogens is 1. The minimum atomic E-state index is -0.477. The second kappa shape index (κ2) is 7.83. The van der Waals surface area contributed by atoms with Crippen LogP contribution in [0.15, 0.2) is 42.5 Å². The van der Waals surface area contributed by atoms with Gasteiger partial charge in [0.1, 0.15) is 17.7 Å². The standard InChI is InChI=1S/C20H25FN4O/c1-15-6-4-9-18(22-15)24-10-12-25(13-11-24)20(26)19(23(2)3)16-7-5-8-17(21)14-16/h4-9,14,19H,10-13H2,1-3H3/t19-/m0/s1. The van der Waals surface area contributed by atoms with E-state index in [1.165, 1.54) is 12.1 Å². The van der Waals surface area contributed by atoms with Crippen LogP contribution in [0.25, 0.3) is 0 Å². The van der Waals surface area contributed by atoms with Crippen molar-refractivity contribution >= 4 is 11.7 Å². The molecule has 1 fully saturated rings. The minimum absolute atomic E-state index is 0.0115. The summed E-state index contributed by atoms with van der Waals surface area (Å²) < 4.78 is 13.6. The molecule has 138 valence electrons. The van der Waals surface area contributed by atoms with Crippen molar-refractivity contribution in [2.24, 2.45) is 0 Å². The molecule has 1 amide bonds. The molecular weight excluding hydrogens is 331 g/mol. The van der Waals surface area contributed by atoms with Crippen molar-refractivity contribution in [3.63, 3.8) is 0 Å². The van der Waals surface area contributed by atoms with E-state index in [4.69, 9.17) is 0 Å². The monoisotopic (exact) mass is 356 g/mol. The number of piperazine rings is 1. The van der Waals surface area contributed by atoms with Gasteiger partial charge in [0, 0.05) is 31.9 Å². The second-order valence-electron chi connectivity index (χ2n) is 6.87. The fourth-order valence-electron chi connectivity index (χ4n) is 3.37. The van der Waals surface area contributed by atoms with Gasteiger partial charge in [-0.2, -0.15) is 0 Å². The van der Waals surface area contributed by atoms with Gasteiger partial charge in [0.2, 0.25) is 5.91 Å². The van der Waals surface area contributed by atoms with Gasteiger partial charge in [0.25, 0.3) is 0 Å². The Kier molecular flexibility index (Phi) is 5.52. The first-order chi connectivity index (χ1) is 12.5. The van der Waals surface area contributed by atoms with Crippen molar-refractivity contribution in [1.29, 1.82) is 0 Å². The number of likely N-dealkylation sites (N-methyl/N-ethyl adjacent to an activating group) is 1. The van der Waals surface area contributed by atoms with E-state index in [1.54, 1.807) is 12.1 Å². The van der Waals surface area contributed by atoms with Crippen LogP contribution in [0.1, 0.15) is 17.3 Å². The van der Waals surface area contributed by atoms with Gasteiger partial charge in [-0.05, 0) is 50.8 Å². The number of carbonyl (C=O) groups excluding carboxylic acids is 1. The number of hydrogen-bond acceptors (Lipinski definition) is 4. The van der Waals surface area contributed by atoms with Gasteiger partial charge < -0.3 is 9.80 Å². The Labute approximate surface area is 154 Å². The van der Waals surface area contributed by atoms with Crippen LogP contribution in [0.4, 0.5) is 10.2 Å².